The van der Waals surface area contributed by atoms with E-state index >= 15 is 0 Å². The Labute approximate surface area is 380 Å². The van der Waals surface area contributed by atoms with Crippen LogP contribution >= 0.6 is 0 Å². The second kappa shape index (κ2) is 14.4. The molecule has 6 aromatic carbocycles. The summed E-state index contributed by atoms with van der Waals surface area (Å²) in [6.45, 7) is 0. The molecule has 0 radical (unpaired) electrons. The fraction of sp³-hybridized carbons (Fsp3) is 0.356. The van der Waals surface area contributed by atoms with Crippen LogP contribution in [-0.2, 0) is 16.2 Å². The summed E-state index contributed by atoms with van der Waals surface area (Å²) in [5.74, 6) is 5.10. The maximum atomic E-state index is 12.6. The molecule has 2 N–H and O–H groups in total. The largest absolute Gasteiger partial charge is 0.478 e. The van der Waals surface area contributed by atoms with Gasteiger partial charge in [-0.15, -0.1) is 0 Å². The third-order valence-corrected chi connectivity index (χ3v) is 17.6. The lowest BCUT2D eigenvalue weighted by Gasteiger charge is -2.57. The van der Waals surface area contributed by atoms with Crippen LogP contribution in [0.15, 0.2) is 133 Å². The van der Waals surface area contributed by atoms with Gasteiger partial charge >= 0.3 is 11.9 Å². The average molecular weight is 859 g/mol. The summed E-state index contributed by atoms with van der Waals surface area (Å²) in [5.41, 5.74) is 8.05. The van der Waals surface area contributed by atoms with E-state index in [4.69, 9.17) is 9.47 Å². The van der Waals surface area contributed by atoms with Crippen molar-refractivity contribution in [1.29, 1.82) is 0 Å². The molecule has 6 nitrogen and oxygen atoms in total. The molecule has 15 rings (SSSR count). The van der Waals surface area contributed by atoms with Crippen molar-refractivity contribution in [3.63, 3.8) is 0 Å². The fourth-order valence-electron chi connectivity index (χ4n) is 16.1. The first-order valence-corrected chi connectivity index (χ1v) is 24.2. The minimum Gasteiger partial charge on any atom is -0.478 e. The van der Waals surface area contributed by atoms with Crippen molar-refractivity contribution in [3.8, 4) is 34.1 Å². The third kappa shape index (κ3) is 5.97. The molecule has 0 amide bonds. The normalized spacial score (nSPS) is 29.3. The van der Waals surface area contributed by atoms with Gasteiger partial charge in [0, 0.05) is 22.3 Å². The summed E-state index contributed by atoms with van der Waals surface area (Å²) in [6.07, 6.45) is 14.2. The van der Waals surface area contributed by atoms with Gasteiger partial charge in [0.05, 0.1) is 16.5 Å². The summed E-state index contributed by atoms with van der Waals surface area (Å²) in [6, 6.07) is 45.3. The highest BCUT2D eigenvalue weighted by Crippen LogP contribution is 2.65. The predicted octanol–water partition coefficient (Wildman–Crippen LogP) is 14.0. The molecular formula is C59H54O6. The Morgan fingerprint density at radius 2 is 0.692 bits per heavy atom. The Bertz CT molecular complexity index is 2670. The van der Waals surface area contributed by atoms with Gasteiger partial charge in [0.25, 0.3) is 0 Å². The second-order valence-electron chi connectivity index (χ2n) is 21.5. The minimum absolute atomic E-state index is 0.111. The molecule has 0 saturated heterocycles. The first-order valence-electron chi connectivity index (χ1n) is 24.2. The monoisotopic (exact) mass is 858 g/mol. The Kier molecular flexibility index (Phi) is 8.71. The van der Waals surface area contributed by atoms with Crippen LogP contribution in [0.25, 0.3) is 11.1 Å². The van der Waals surface area contributed by atoms with E-state index in [1.165, 1.54) is 38.5 Å². The molecule has 9 aliphatic rings. The molecule has 0 aromatic heterocycles. The van der Waals surface area contributed by atoms with Gasteiger partial charge in [-0.25, -0.2) is 9.59 Å². The first kappa shape index (κ1) is 39.2. The topological polar surface area (TPSA) is 93.1 Å². The zero-order valence-corrected chi connectivity index (χ0v) is 36.7. The SMILES string of the molecule is O=C(O)c1ccc(Oc2ccccc2C2(c3ccccc3Oc3ccc(C(=O)O)cc3C34CC5CC(CC(C5)C3)C4)c3ccccc3-c3ccccc32)c(C23CC4CC(CC(C4)C2)C3)c1. The number of hydrogen-bond acceptors (Lipinski definition) is 4. The number of aromatic carboxylic acids is 2. The van der Waals surface area contributed by atoms with E-state index in [2.05, 4.69) is 84.9 Å². The van der Waals surface area contributed by atoms with Crippen LogP contribution in [0.1, 0.15) is 131 Å². The molecule has 326 valence electrons. The van der Waals surface area contributed by atoms with Crippen LogP contribution in [0.3, 0.4) is 0 Å². The van der Waals surface area contributed by atoms with Gasteiger partial charge in [-0.05, 0) is 194 Å². The number of carbonyl (C=O) groups is 2. The number of hydrogen-bond donors (Lipinski definition) is 2. The molecular weight excluding hydrogens is 805 g/mol. The van der Waals surface area contributed by atoms with Gasteiger partial charge in [-0.2, -0.15) is 0 Å². The van der Waals surface area contributed by atoms with Crippen LogP contribution in [0.2, 0.25) is 0 Å². The molecule has 0 atom stereocenters. The summed E-state index contributed by atoms with van der Waals surface area (Å²) >= 11 is 0. The lowest BCUT2D eigenvalue weighted by molar-refractivity contribution is -0.00617. The van der Waals surface area contributed by atoms with Crippen molar-refractivity contribution < 1.29 is 29.3 Å². The van der Waals surface area contributed by atoms with Crippen molar-refractivity contribution in [2.24, 2.45) is 35.5 Å². The summed E-state index contributed by atoms with van der Waals surface area (Å²) in [4.78, 5) is 25.2. The number of benzene rings is 6. The van der Waals surface area contributed by atoms with Gasteiger partial charge in [-0.3, -0.25) is 0 Å². The Balaban J connectivity index is 0.998. The molecule has 0 aliphatic heterocycles. The van der Waals surface area contributed by atoms with E-state index in [9.17, 15) is 19.8 Å². The minimum atomic E-state index is -0.915. The molecule has 65 heavy (non-hydrogen) atoms. The van der Waals surface area contributed by atoms with Gasteiger partial charge in [0.1, 0.15) is 23.0 Å². The summed E-state index contributed by atoms with van der Waals surface area (Å²) in [7, 11) is 0. The highest BCUT2D eigenvalue weighted by atomic mass is 16.5. The Morgan fingerprint density at radius 3 is 1.05 bits per heavy atom. The molecule has 9 aliphatic carbocycles. The maximum Gasteiger partial charge on any atom is 0.335 e. The van der Waals surface area contributed by atoms with Crippen LogP contribution in [0.4, 0.5) is 0 Å². The van der Waals surface area contributed by atoms with E-state index in [0.29, 0.717) is 58.1 Å². The molecule has 6 heteroatoms. The van der Waals surface area contributed by atoms with E-state index in [-0.39, 0.29) is 10.8 Å². The van der Waals surface area contributed by atoms with E-state index in [1.54, 1.807) is 12.1 Å². The van der Waals surface area contributed by atoms with Gasteiger partial charge < -0.3 is 19.7 Å². The van der Waals surface area contributed by atoms with Crippen LogP contribution in [-0.4, -0.2) is 22.2 Å². The fourth-order valence-corrected chi connectivity index (χ4v) is 16.1. The van der Waals surface area contributed by atoms with Gasteiger partial charge in [0.2, 0.25) is 0 Å². The molecule has 0 heterocycles. The van der Waals surface area contributed by atoms with Gasteiger partial charge in [-0.1, -0.05) is 84.9 Å². The third-order valence-electron chi connectivity index (χ3n) is 17.6. The van der Waals surface area contributed by atoms with Crippen LogP contribution in [0, 0.1) is 35.5 Å². The Hall–Kier alpha value is -6.14. The maximum absolute atomic E-state index is 12.6. The quantitative estimate of drug-likeness (QED) is 0.142. The van der Waals surface area contributed by atoms with Crippen molar-refractivity contribution >= 4 is 11.9 Å². The zero-order chi connectivity index (χ0) is 43.7. The molecule has 0 unspecified atom stereocenters. The highest BCUT2D eigenvalue weighted by molar-refractivity contribution is 5.90. The van der Waals surface area contributed by atoms with Crippen molar-refractivity contribution in [2.45, 2.75) is 93.3 Å². The molecule has 8 bridgehead atoms. The predicted molar refractivity (Wildman–Crippen MR) is 250 cm³/mol. The smallest absolute Gasteiger partial charge is 0.335 e. The average Bonchev–Trinajstić information content (AvgIpc) is 3.59. The molecule has 8 fully saturated rings. The number of para-hydroxylation sites is 2. The molecule has 0 spiro atoms. The first-order chi connectivity index (χ1) is 31.7. The molecule has 8 saturated carbocycles. The number of ether oxygens (including phenoxy) is 2. The lowest BCUT2D eigenvalue weighted by atomic mass is 9.48. The number of carboxylic acids is 2. The number of fused-ring (bicyclic) bond motifs is 3. The zero-order valence-electron chi connectivity index (χ0n) is 36.7. The molecule has 6 aromatic rings. The number of carboxylic acid groups (broad SMARTS) is 2. The summed E-state index contributed by atoms with van der Waals surface area (Å²) in [5, 5.41) is 20.7. The van der Waals surface area contributed by atoms with E-state index in [1.807, 2.05) is 36.4 Å². The van der Waals surface area contributed by atoms with E-state index < -0.39 is 17.4 Å². The van der Waals surface area contributed by atoms with Crippen molar-refractivity contribution in [3.05, 3.63) is 178 Å². The van der Waals surface area contributed by atoms with Crippen LogP contribution < -0.4 is 9.47 Å². The summed E-state index contributed by atoms with van der Waals surface area (Å²) < 4.78 is 14.8. The van der Waals surface area contributed by atoms with Crippen molar-refractivity contribution in [2.75, 3.05) is 0 Å². The van der Waals surface area contributed by atoms with Gasteiger partial charge in [0.15, 0.2) is 0 Å². The van der Waals surface area contributed by atoms with E-state index in [0.717, 1.165) is 94.5 Å². The number of rotatable bonds is 10. The van der Waals surface area contributed by atoms with Crippen molar-refractivity contribution in [1.82, 2.24) is 0 Å². The highest BCUT2D eigenvalue weighted by Gasteiger charge is 2.55. The Morgan fingerprint density at radius 1 is 0.385 bits per heavy atom. The standard InChI is InChI=1S/C59H54O6/c60-55(61)41-17-19-53(49(27-41)57-29-35-21-36(30-57)23-37(22-35)31-57)64-51-15-7-5-13-47(51)59(45-11-3-1-9-43(45)44-10-2-4-12-46(44)59)48-14-6-8-16-52(48)65-54-20-18-42(56(62)63)28-50(54)58-32-38-24-39(33-58)26-40(25-38)34-58/h1-20,27-28,35-40H,21-26,29-34H2,(H,60,61)(H,62,63). The lowest BCUT2D eigenvalue weighted by Crippen LogP contribution is -2.48. The van der Waals surface area contributed by atoms with Crippen LogP contribution in [0.5, 0.6) is 23.0 Å². The second-order valence-corrected chi connectivity index (χ2v) is 21.5.